The Labute approximate surface area is 121 Å². The van der Waals surface area contributed by atoms with Gasteiger partial charge in [-0.25, -0.2) is 4.98 Å². The first-order chi connectivity index (χ1) is 9.62. The Balaban J connectivity index is 2.19. The Kier molecular flexibility index (Phi) is 4.74. The van der Waals surface area contributed by atoms with Crippen LogP contribution in [0.25, 0.3) is 0 Å². The lowest BCUT2D eigenvalue weighted by Crippen LogP contribution is -2.18. The average Bonchev–Trinajstić information content (AvgIpc) is 2.48. The third kappa shape index (κ3) is 3.58. The van der Waals surface area contributed by atoms with E-state index in [1.165, 1.54) is 11.1 Å². The molecule has 1 heterocycles. The molecule has 0 spiro atoms. The Hall–Kier alpha value is -1.87. The van der Waals surface area contributed by atoms with E-state index in [4.69, 9.17) is 5.73 Å². The number of anilines is 1. The van der Waals surface area contributed by atoms with Gasteiger partial charge in [-0.1, -0.05) is 36.8 Å². The fraction of sp³-hybridized carbons (Fsp3) is 0.353. The Bertz CT molecular complexity index is 539. The van der Waals surface area contributed by atoms with Gasteiger partial charge in [0.25, 0.3) is 0 Å². The standard InChI is InChI=1S/C17H23N3/c1-4-16-9-15(11-18)10-17(19-16)20(3)12-14-7-5-13(2)6-8-14/h5-10H,4,11-12,18H2,1-3H3. The van der Waals surface area contributed by atoms with Crippen LogP contribution < -0.4 is 10.6 Å². The molecule has 2 rings (SSSR count). The van der Waals surface area contributed by atoms with Gasteiger partial charge >= 0.3 is 0 Å². The van der Waals surface area contributed by atoms with Gasteiger partial charge in [-0.05, 0) is 36.6 Å². The van der Waals surface area contributed by atoms with Gasteiger partial charge in [-0.2, -0.15) is 0 Å². The van der Waals surface area contributed by atoms with Crippen LogP contribution in [0.2, 0.25) is 0 Å². The van der Waals surface area contributed by atoms with E-state index >= 15 is 0 Å². The Morgan fingerprint density at radius 1 is 1.10 bits per heavy atom. The van der Waals surface area contributed by atoms with Crippen molar-refractivity contribution in [3.05, 3.63) is 58.8 Å². The maximum atomic E-state index is 5.77. The van der Waals surface area contributed by atoms with Gasteiger partial charge in [0.2, 0.25) is 0 Å². The highest BCUT2D eigenvalue weighted by molar-refractivity contribution is 5.43. The summed E-state index contributed by atoms with van der Waals surface area (Å²) in [6, 6.07) is 12.8. The van der Waals surface area contributed by atoms with Crippen molar-refractivity contribution in [3.8, 4) is 0 Å². The zero-order chi connectivity index (χ0) is 14.5. The third-order valence-electron chi connectivity index (χ3n) is 3.45. The highest BCUT2D eigenvalue weighted by Crippen LogP contribution is 2.17. The number of aromatic nitrogens is 1. The number of benzene rings is 1. The summed E-state index contributed by atoms with van der Waals surface area (Å²) in [5.74, 6) is 0.991. The molecule has 0 radical (unpaired) electrons. The van der Waals surface area contributed by atoms with E-state index in [1.807, 2.05) is 0 Å². The average molecular weight is 269 g/mol. The van der Waals surface area contributed by atoms with E-state index in [9.17, 15) is 0 Å². The summed E-state index contributed by atoms with van der Waals surface area (Å²) in [4.78, 5) is 6.85. The minimum absolute atomic E-state index is 0.556. The molecule has 3 heteroatoms. The Morgan fingerprint density at radius 3 is 2.40 bits per heavy atom. The van der Waals surface area contributed by atoms with Crippen LogP contribution in [0.1, 0.15) is 29.3 Å². The summed E-state index contributed by atoms with van der Waals surface area (Å²) in [6.45, 7) is 5.63. The number of pyridine rings is 1. The van der Waals surface area contributed by atoms with E-state index in [0.29, 0.717) is 6.54 Å². The molecule has 106 valence electrons. The number of hydrogen-bond donors (Lipinski definition) is 1. The molecule has 2 N–H and O–H groups in total. The number of nitrogens with zero attached hydrogens (tertiary/aromatic N) is 2. The van der Waals surface area contributed by atoms with Crippen LogP contribution in [0, 0.1) is 6.92 Å². The fourth-order valence-corrected chi connectivity index (χ4v) is 2.18. The van der Waals surface area contributed by atoms with Crippen molar-refractivity contribution in [1.82, 2.24) is 4.98 Å². The molecule has 2 aromatic rings. The van der Waals surface area contributed by atoms with Crippen molar-refractivity contribution >= 4 is 5.82 Å². The van der Waals surface area contributed by atoms with Crippen molar-refractivity contribution < 1.29 is 0 Å². The number of rotatable bonds is 5. The van der Waals surface area contributed by atoms with E-state index in [0.717, 1.165) is 30.0 Å². The second-order valence-corrected chi connectivity index (χ2v) is 5.22. The summed E-state index contributed by atoms with van der Waals surface area (Å²) < 4.78 is 0. The molecule has 0 aliphatic heterocycles. The minimum Gasteiger partial charge on any atom is -0.355 e. The highest BCUT2D eigenvalue weighted by atomic mass is 15.2. The van der Waals surface area contributed by atoms with Gasteiger partial charge in [-0.3, -0.25) is 0 Å². The molecule has 0 saturated carbocycles. The highest BCUT2D eigenvalue weighted by Gasteiger charge is 2.07. The topological polar surface area (TPSA) is 42.1 Å². The van der Waals surface area contributed by atoms with Crippen molar-refractivity contribution in [2.75, 3.05) is 11.9 Å². The molecule has 20 heavy (non-hydrogen) atoms. The quantitative estimate of drug-likeness (QED) is 0.907. The second-order valence-electron chi connectivity index (χ2n) is 5.22. The molecule has 0 bridgehead atoms. The molecule has 0 fully saturated rings. The van der Waals surface area contributed by atoms with Crippen molar-refractivity contribution in [3.63, 3.8) is 0 Å². The summed E-state index contributed by atoms with van der Waals surface area (Å²) in [5.41, 5.74) is 10.6. The number of nitrogens with two attached hydrogens (primary N) is 1. The van der Waals surface area contributed by atoms with Gasteiger partial charge in [0.1, 0.15) is 5.82 Å². The summed E-state index contributed by atoms with van der Waals surface area (Å²) in [6.07, 6.45) is 0.930. The fourth-order valence-electron chi connectivity index (χ4n) is 2.18. The molecule has 0 aliphatic rings. The molecular formula is C17H23N3. The van der Waals surface area contributed by atoms with E-state index < -0.39 is 0 Å². The predicted octanol–water partition coefficient (Wildman–Crippen LogP) is 3.05. The summed E-state index contributed by atoms with van der Waals surface area (Å²) >= 11 is 0. The number of aryl methyl sites for hydroxylation is 2. The Morgan fingerprint density at radius 2 is 1.80 bits per heavy atom. The van der Waals surface area contributed by atoms with Crippen molar-refractivity contribution in [1.29, 1.82) is 0 Å². The maximum Gasteiger partial charge on any atom is 0.129 e. The molecule has 0 saturated heterocycles. The van der Waals surface area contributed by atoms with Crippen LogP contribution in [-0.4, -0.2) is 12.0 Å². The smallest absolute Gasteiger partial charge is 0.129 e. The minimum atomic E-state index is 0.556. The van der Waals surface area contributed by atoms with Crippen molar-refractivity contribution in [2.24, 2.45) is 5.73 Å². The molecule has 0 unspecified atom stereocenters. The molecule has 3 nitrogen and oxygen atoms in total. The van der Waals surface area contributed by atoms with Gasteiger partial charge in [0, 0.05) is 25.8 Å². The van der Waals surface area contributed by atoms with Gasteiger partial charge in [0.05, 0.1) is 0 Å². The number of hydrogen-bond acceptors (Lipinski definition) is 3. The SMILES string of the molecule is CCc1cc(CN)cc(N(C)Cc2ccc(C)cc2)n1. The first kappa shape index (κ1) is 14.5. The van der Waals surface area contributed by atoms with E-state index in [1.54, 1.807) is 0 Å². The predicted molar refractivity (Wildman–Crippen MR) is 84.8 cm³/mol. The molecule has 0 aliphatic carbocycles. The van der Waals surface area contributed by atoms with Crippen LogP contribution >= 0.6 is 0 Å². The lowest BCUT2D eigenvalue weighted by atomic mass is 10.1. The van der Waals surface area contributed by atoms with Gasteiger partial charge in [0.15, 0.2) is 0 Å². The van der Waals surface area contributed by atoms with Crippen LogP contribution in [0.15, 0.2) is 36.4 Å². The summed E-state index contributed by atoms with van der Waals surface area (Å²) in [7, 11) is 2.07. The van der Waals surface area contributed by atoms with E-state index in [-0.39, 0.29) is 0 Å². The molecular weight excluding hydrogens is 246 g/mol. The first-order valence-corrected chi connectivity index (χ1v) is 7.09. The lowest BCUT2D eigenvalue weighted by molar-refractivity contribution is 0.874. The third-order valence-corrected chi connectivity index (χ3v) is 3.45. The van der Waals surface area contributed by atoms with Gasteiger partial charge < -0.3 is 10.6 Å². The lowest BCUT2D eigenvalue weighted by Gasteiger charge is -2.20. The summed E-state index contributed by atoms with van der Waals surface area (Å²) in [5, 5.41) is 0. The van der Waals surface area contributed by atoms with Crippen molar-refractivity contribution in [2.45, 2.75) is 33.4 Å². The van der Waals surface area contributed by atoms with Crippen LogP contribution in [0.5, 0.6) is 0 Å². The second kappa shape index (κ2) is 6.53. The van der Waals surface area contributed by atoms with Gasteiger partial charge in [-0.15, -0.1) is 0 Å². The first-order valence-electron chi connectivity index (χ1n) is 7.09. The molecule has 0 atom stereocenters. The zero-order valence-electron chi connectivity index (χ0n) is 12.6. The normalized spacial score (nSPS) is 10.6. The van der Waals surface area contributed by atoms with Crippen LogP contribution in [0.4, 0.5) is 5.82 Å². The van der Waals surface area contributed by atoms with Crippen LogP contribution in [0.3, 0.4) is 0 Å². The monoisotopic (exact) mass is 269 g/mol. The largest absolute Gasteiger partial charge is 0.355 e. The van der Waals surface area contributed by atoms with E-state index in [2.05, 4.69) is 67.2 Å². The zero-order valence-corrected chi connectivity index (χ0v) is 12.6. The molecule has 1 aromatic heterocycles. The van der Waals surface area contributed by atoms with Crippen LogP contribution in [-0.2, 0) is 19.5 Å². The molecule has 0 amide bonds. The molecule has 1 aromatic carbocycles. The maximum absolute atomic E-state index is 5.77.